The Bertz CT molecular complexity index is 1060. The lowest BCUT2D eigenvalue weighted by Crippen LogP contribution is -2.39. The van der Waals surface area contributed by atoms with Crippen molar-refractivity contribution < 1.29 is 14.3 Å². The molecule has 4 rings (SSSR count). The molecule has 1 fully saturated rings. The molecule has 33 heavy (non-hydrogen) atoms. The average Bonchev–Trinajstić information content (AvgIpc) is 3.28. The van der Waals surface area contributed by atoms with Crippen LogP contribution in [0.4, 0.5) is 5.13 Å². The van der Waals surface area contributed by atoms with Crippen LogP contribution in [-0.4, -0.2) is 61.8 Å². The first-order valence-electron chi connectivity index (χ1n) is 11.9. The molecule has 0 unspecified atom stereocenters. The van der Waals surface area contributed by atoms with Crippen molar-refractivity contribution in [2.75, 3.05) is 50.9 Å². The van der Waals surface area contributed by atoms with Gasteiger partial charge in [-0.25, -0.2) is 4.98 Å². The summed E-state index contributed by atoms with van der Waals surface area (Å²) < 4.78 is 12.4. The van der Waals surface area contributed by atoms with Gasteiger partial charge in [0.15, 0.2) is 5.13 Å². The summed E-state index contributed by atoms with van der Waals surface area (Å²) in [6.45, 7) is 9.89. The van der Waals surface area contributed by atoms with Crippen molar-refractivity contribution in [3.63, 3.8) is 0 Å². The number of para-hydroxylation sites is 1. The van der Waals surface area contributed by atoms with Crippen molar-refractivity contribution in [2.45, 2.75) is 33.1 Å². The Kier molecular flexibility index (Phi) is 8.31. The highest BCUT2D eigenvalue weighted by atomic mass is 32.1. The van der Waals surface area contributed by atoms with Gasteiger partial charge in [0.2, 0.25) is 0 Å². The summed E-state index contributed by atoms with van der Waals surface area (Å²) in [6.07, 6.45) is 2.96. The monoisotopic (exact) mass is 467 g/mol. The Morgan fingerprint density at radius 2 is 2.00 bits per heavy atom. The molecular weight excluding hydrogens is 434 g/mol. The van der Waals surface area contributed by atoms with E-state index in [1.165, 1.54) is 0 Å². The van der Waals surface area contributed by atoms with Gasteiger partial charge in [-0.1, -0.05) is 42.9 Å². The Morgan fingerprint density at radius 3 is 2.79 bits per heavy atom. The summed E-state index contributed by atoms with van der Waals surface area (Å²) in [5, 5.41) is 0.753. The van der Waals surface area contributed by atoms with Crippen molar-refractivity contribution in [3.05, 3.63) is 53.6 Å². The summed E-state index contributed by atoms with van der Waals surface area (Å²) in [5.74, 6) is 0.706. The zero-order valence-corrected chi connectivity index (χ0v) is 20.4. The number of aromatic nitrogens is 1. The minimum atomic E-state index is -0.0328. The van der Waals surface area contributed by atoms with Crippen LogP contribution < -0.4 is 9.64 Å². The molecule has 0 N–H and O–H groups in total. The van der Waals surface area contributed by atoms with E-state index in [1.807, 2.05) is 35.2 Å². The summed E-state index contributed by atoms with van der Waals surface area (Å²) in [5.41, 5.74) is 2.73. The number of anilines is 1. The molecule has 1 saturated heterocycles. The summed E-state index contributed by atoms with van der Waals surface area (Å²) >= 11 is 1.58. The summed E-state index contributed by atoms with van der Waals surface area (Å²) in [6, 6.07) is 13.7. The molecule has 6 nitrogen and oxygen atoms in total. The molecule has 176 valence electrons. The fourth-order valence-electron chi connectivity index (χ4n) is 3.96. The number of carbonyl (C=O) groups is 1. The molecule has 0 saturated carbocycles. The zero-order chi connectivity index (χ0) is 23.0. The molecule has 7 heteroatoms. The molecule has 2 aromatic carbocycles. The van der Waals surface area contributed by atoms with Gasteiger partial charge in [-0.05, 0) is 49.6 Å². The predicted octanol–water partition coefficient (Wildman–Crippen LogP) is 5.15. The molecule has 1 aliphatic heterocycles. The van der Waals surface area contributed by atoms with E-state index >= 15 is 0 Å². The SMILES string of the molecule is CCCCOc1cccc(C(=O)N(CCCN2CCOCC2)c2nc3c(C)cccc3s2)c1. The third-order valence-electron chi connectivity index (χ3n) is 5.89. The lowest BCUT2D eigenvalue weighted by Gasteiger charge is -2.27. The maximum absolute atomic E-state index is 13.7. The van der Waals surface area contributed by atoms with Gasteiger partial charge in [-0.2, -0.15) is 0 Å². The van der Waals surface area contributed by atoms with Crippen LogP contribution in [0.5, 0.6) is 5.75 Å². The van der Waals surface area contributed by atoms with Gasteiger partial charge in [0.25, 0.3) is 5.91 Å². The fourth-order valence-corrected chi connectivity index (χ4v) is 5.03. The molecule has 0 atom stereocenters. The minimum Gasteiger partial charge on any atom is -0.494 e. The van der Waals surface area contributed by atoms with Crippen LogP contribution in [0, 0.1) is 6.92 Å². The van der Waals surface area contributed by atoms with Crippen LogP contribution in [0.2, 0.25) is 0 Å². The number of unbranched alkanes of at least 4 members (excludes halogenated alkanes) is 1. The maximum Gasteiger partial charge on any atom is 0.260 e. The van der Waals surface area contributed by atoms with Crippen molar-refractivity contribution >= 4 is 32.6 Å². The maximum atomic E-state index is 13.7. The highest BCUT2D eigenvalue weighted by molar-refractivity contribution is 7.22. The first kappa shape index (κ1) is 23.7. The van der Waals surface area contributed by atoms with Crippen molar-refractivity contribution in [2.24, 2.45) is 0 Å². The molecule has 3 aromatic rings. The fraction of sp³-hybridized carbons (Fsp3) is 0.462. The van der Waals surface area contributed by atoms with E-state index in [4.69, 9.17) is 14.5 Å². The normalized spacial score (nSPS) is 14.5. The summed E-state index contributed by atoms with van der Waals surface area (Å²) in [4.78, 5) is 22.8. The van der Waals surface area contributed by atoms with Gasteiger partial charge >= 0.3 is 0 Å². The predicted molar refractivity (Wildman–Crippen MR) is 135 cm³/mol. The topological polar surface area (TPSA) is 54.9 Å². The Balaban J connectivity index is 1.55. The van der Waals surface area contributed by atoms with E-state index in [2.05, 4.69) is 30.9 Å². The van der Waals surface area contributed by atoms with Gasteiger partial charge in [-0.15, -0.1) is 0 Å². The number of hydrogen-bond donors (Lipinski definition) is 0. The Morgan fingerprint density at radius 1 is 1.18 bits per heavy atom. The molecule has 1 aliphatic rings. The van der Waals surface area contributed by atoms with E-state index in [1.54, 1.807) is 11.3 Å². The molecule has 0 spiro atoms. The number of carbonyl (C=O) groups excluding carboxylic acids is 1. The number of morpholine rings is 1. The van der Waals surface area contributed by atoms with E-state index in [-0.39, 0.29) is 5.91 Å². The number of aryl methyl sites for hydroxylation is 1. The van der Waals surface area contributed by atoms with Gasteiger partial charge in [0.05, 0.1) is 30.0 Å². The highest BCUT2D eigenvalue weighted by Gasteiger charge is 2.22. The molecule has 0 bridgehead atoms. The minimum absolute atomic E-state index is 0.0328. The second kappa shape index (κ2) is 11.6. The van der Waals surface area contributed by atoms with Crippen LogP contribution in [0.3, 0.4) is 0 Å². The first-order chi connectivity index (χ1) is 16.2. The number of amides is 1. The van der Waals surface area contributed by atoms with Crippen molar-refractivity contribution in [1.29, 1.82) is 0 Å². The Labute approximate surface area is 200 Å². The molecule has 1 amide bonds. The molecule has 2 heterocycles. The smallest absolute Gasteiger partial charge is 0.260 e. The van der Waals surface area contributed by atoms with Crippen LogP contribution >= 0.6 is 11.3 Å². The standard InChI is InChI=1S/C26H33N3O3S/c1-3-4-16-32-22-10-6-9-21(19-22)25(30)29(13-7-12-28-14-17-31-18-15-28)26-27-24-20(2)8-5-11-23(24)33-26/h5-6,8-11,19H,3-4,7,12-18H2,1-2H3. The lowest BCUT2D eigenvalue weighted by molar-refractivity contribution is 0.0376. The lowest BCUT2D eigenvalue weighted by atomic mass is 10.2. The van der Waals surface area contributed by atoms with Crippen LogP contribution in [0.25, 0.3) is 10.2 Å². The van der Waals surface area contributed by atoms with Crippen molar-refractivity contribution in [1.82, 2.24) is 9.88 Å². The van der Waals surface area contributed by atoms with E-state index < -0.39 is 0 Å². The van der Waals surface area contributed by atoms with Gasteiger partial charge in [0.1, 0.15) is 5.75 Å². The van der Waals surface area contributed by atoms with Gasteiger partial charge in [-0.3, -0.25) is 14.6 Å². The third-order valence-corrected chi connectivity index (χ3v) is 6.94. The van der Waals surface area contributed by atoms with Gasteiger partial charge < -0.3 is 9.47 Å². The second-order valence-corrected chi connectivity index (χ2v) is 9.42. The molecule has 0 radical (unpaired) electrons. The Hall–Kier alpha value is -2.48. The van der Waals surface area contributed by atoms with Crippen LogP contribution in [0.15, 0.2) is 42.5 Å². The number of benzene rings is 2. The summed E-state index contributed by atoms with van der Waals surface area (Å²) in [7, 11) is 0. The quantitative estimate of drug-likeness (QED) is 0.386. The number of rotatable bonds is 10. The largest absolute Gasteiger partial charge is 0.494 e. The average molecular weight is 468 g/mol. The number of ether oxygens (including phenoxy) is 2. The van der Waals surface area contributed by atoms with Crippen LogP contribution in [-0.2, 0) is 4.74 Å². The molecular formula is C26H33N3O3S. The second-order valence-electron chi connectivity index (χ2n) is 8.41. The molecule has 0 aliphatic carbocycles. The van der Waals surface area contributed by atoms with E-state index in [0.29, 0.717) is 18.7 Å². The molecule has 1 aromatic heterocycles. The first-order valence-corrected chi connectivity index (χ1v) is 12.7. The third kappa shape index (κ3) is 6.10. The van der Waals surface area contributed by atoms with E-state index in [0.717, 1.165) is 78.8 Å². The van der Waals surface area contributed by atoms with Crippen LogP contribution in [0.1, 0.15) is 42.1 Å². The van der Waals surface area contributed by atoms with E-state index in [9.17, 15) is 4.79 Å². The number of thiazole rings is 1. The zero-order valence-electron chi connectivity index (χ0n) is 19.6. The van der Waals surface area contributed by atoms with Gasteiger partial charge in [0, 0.05) is 31.7 Å². The van der Waals surface area contributed by atoms with Crippen molar-refractivity contribution in [3.8, 4) is 5.75 Å². The number of nitrogens with zero attached hydrogens (tertiary/aromatic N) is 3. The highest BCUT2D eigenvalue weighted by Crippen LogP contribution is 2.32. The number of fused-ring (bicyclic) bond motifs is 1. The number of hydrogen-bond acceptors (Lipinski definition) is 6.